The van der Waals surface area contributed by atoms with Crippen molar-refractivity contribution >= 4 is 28.3 Å². The molecule has 2 amide bonds. The number of nitrogens with one attached hydrogen (secondary N) is 1. The zero-order valence-corrected chi connectivity index (χ0v) is 14.6. The average molecular weight is 355 g/mol. The van der Waals surface area contributed by atoms with Gasteiger partial charge in [-0.25, -0.2) is 4.79 Å². The topological polar surface area (TPSA) is 82.4 Å². The van der Waals surface area contributed by atoms with E-state index in [-0.39, 0.29) is 12.5 Å². The number of nitrogens with zero attached hydrogens (tertiary/aromatic N) is 2. The Morgan fingerprint density at radius 2 is 2.12 bits per heavy atom. The van der Waals surface area contributed by atoms with Gasteiger partial charge in [0.1, 0.15) is 17.7 Å². The Bertz CT molecular complexity index is 839. The molecule has 1 aromatic carbocycles. The van der Waals surface area contributed by atoms with E-state index >= 15 is 0 Å². The molecule has 25 heavy (non-hydrogen) atoms. The van der Waals surface area contributed by atoms with Crippen LogP contribution in [0, 0.1) is 11.3 Å². The number of hydrogen-bond donors (Lipinski definition) is 1. The lowest BCUT2D eigenvalue weighted by Gasteiger charge is -2.25. The van der Waals surface area contributed by atoms with Crippen molar-refractivity contribution in [2.24, 2.45) is 0 Å². The molecule has 1 aliphatic heterocycles. The number of ether oxygens (including phenoxy) is 1. The minimum atomic E-state index is -0.595. The van der Waals surface area contributed by atoms with Gasteiger partial charge < -0.3 is 9.64 Å². The lowest BCUT2D eigenvalue weighted by atomic mass is 10.0. The molecule has 3 rings (SSSR count). The molecule has 1 aliphatic rings. The van der Waals surface area contributed by atoms with Gasteiger partial charge in [0, 0.05) is 18.3 Å². The molecule has 0 saturated carbocycles. The van der Waals surface area contributed by atoms with Gasteiger partial charge in [-0.1, -0.05) is 30.3 Å². The molecule has 6 nitrogen and oxygen atoms in total. The molecular weight excluding hydrogens is 338 g/mol. The minimum absolute atomic E-state index is 0.00865. The fourth-order valence-corrected chi connectivity index (χ4v) is 3.93. The molecule has 0 saturated heterocycles. The molecule has 0 fully saturated rings. The second-order valence-electron chi connectivity index (χ2n) is 5.70. The first-order valence-corrected chi connectivity index (χ1v) is 8.68. The number of benzene rings is 1. The van der Waals surface area contributed by atoms with Gasteiger partial charge in [0.2, 0.25) is 5.91 Å². The molecule has 7 heteroatoms. The number of carbonyl (C=O) groups is 2. The quantitative estimate of drug-likeness (QED) is 0.916. The lowest BCUT2D eigenvalue weighted by Crippen LogP contribution is -2.33. The molecule has 128 valence electrons. The van der Waals surface area contributed by atoms with Crippen LogP contribution in [0.25, 0.3) is 0 Å². The summed E-state index contributed by atoms with van der Waals surface area (Å²) in [7, 11) is 0. The minimum Gasteiger partial charge on any atom is -0.444 e. The number of nitriles is 1. The molecule has 0 unspecified atom stereocenters. The van der Waals surface area contributed by atoms with E-state index in [1.165, 1.54) is 18.3 Å². The Morgan fingerprint density at radius 1 is 1.36 bits per heavy atom. The highest BCUT2D eigenvalue weighted by atomic mass is 32.1. The van der Waals surface area contributed by atoms with Crippen molar-refractivity contribution in [3.63, 3.8) is 0 Å². The Kier molecular flexibility index (Phi) is 5.00. The van der Waals surface area contributed by atoms with Crippen molar-refractivity contribution in [1.82, 2.24) is 4.90 Å². The van der Waals surface area contributed by atoms with Crippen LogP contribution < -0.4 is 5.32 Å². The number of thiophene rings is 1. The van der Waals surface area contributed by atoms with Gasteiger partial charge in [0.15, 0.2) is 0 Å². The van der Waals surface area contributed by atoms with Crippen molar-refractivity contribution in [2.45, 2.75) is 26.5 Å². The summed E-state index contributed by atoms with van der Waals surface area (Å²) < 4.78 is 5.21. The zero-order valence-electron chi connectivity index (χ0n) is 13.7. The van der Waals surface area contributed by atoms with E-state index in [1.807, 2.05) is 30.3 Å². The van der Waals surface area contributed by atoms with Crippen LogP contribution in [0.2, 0.25) is 0 Å². The number of anilines is 1. The van der Waals surface area contributed by atoms with E-state index < -0.39 is 6.09 Å². The van der Waals surface area contributed by atoms with Crippen LogP contribution in [0.3, 0.4) is 0 Å². The van der Waals surface area contributed by atoms with E-state index in [0.29, 0.717) is 30.1 Å². The number of rotatable bonds is 3. The lowest BCUT2D eigenvalue weighted by molar-refractivity contribution is -0.129. The third kappa shape index (κ3) is 3.80. The molecule has 0 bridgehead atoms. The van der Waals surface area contributed by atoms with Crippen LogP contribution in [0.5, 0.6) is 0 Å². The van der Waals surface area contributed by atoms with Crippen molar-refractivity contribution in [1.29, 1.82) is 5.26 Å². The highest BCUT2D eigenvalue weighted by Gasteiger charge is 2.26. The molecule has 2 heterocycles. The molecule has 0 aliphatic carbocycles. The number of fused-ring (bicyclic) bond motifs is 1. The smallest absolute Gasteiger partial charge is 0.412 e. The standard InChI is InChI=1S/C18H17N3O3S/c1-12(22)21-8-7-14-15(9-19)17(25-16(14)10-21)20-18(23)24-11-13-5-3-2-4-6-13/h2-6H,7-8,10-11H2,1H3,(H,20,23). The Labute approximate surface area is 149 Å². The maximum atomic E-state index is 12.0. The van der Waals surface area contributed by atoms with Gasteiger partial charge in [-0.15, -0.1) is 11.3 Å². The number of hydrogen-bond acceptors (Lipinski definition) is 5. The molecule has 1 N–H and O–H groups in total. The third-order valence-corrected chi connectivity index (χ3v) is 5.17. The van der Waals surface area contributed by atoms with Crippen molar-refractivity contribution < 1.29 is 14.3 Å². The Hall–Kier alpha value is -2.85. The van der Waals surface area contributed by atoms with Gasteiger partial charge >= 0.3 is 6.09 Å². The van der Waals surface area contributed by atoms with Crippen LogP contribution in [-0.4, -0.2) is 23.4 Å². The molecule has 0 spiro atoms. The van der Waals surface area contributed by atoms with Crippen molar-refractivity contribution in [3.8, 4) is 6.07 Å². The second-order valence-corrected chi connectivity index (χ2v) is 6.80. The molecule has 0 atom stereocenters. The summed E-state index contributed by atoms with van der Waals surface area (Å²) in [5.41, 5.74) is 2.28. The Morgan fingerprint density at radius 3 is 2.80 bits per heavy atom. The van der Waals surface area contributed by atoms with Gasteiger partial charge in [0.25, 0.3) is 0 Å². The molecule has 2 aromatic rings. The summed E-state index contributed by atoms with van der Waals surface area (Å²) in [5, 5.41) is 12.6. The molecule has 1 aromatic heterocycles. The van der Waals surface area contributed by atoms with Gasteiger partial charge in [-0.3, -0.25) is 10.1 Å². The largest absolute Gasteiger partial charge is 0.444 e. The van der Waals surface area contributed by atoms with E-state index in [2.05, 4.69) is 11.4 Å². The first kappa shape index (κ1) is 17.0. The van der Waals surface area contributed by atoms with Crippen molar-refractivity contribution in [2.75, 3.05) is 11.9 Å². The van der Waals surface area contributed by atoms with Crippen LogP contribution in [0.15, 0.2) is 30.3 Å². The molecule has 0 radical (unpaired) electrons. The van der Waals surface area contributed by atoms with Gasteiger partial charge in [-0.2, -0.15) is 5.26 Å². The van der Waals surface area contributed by atoms with Gasteiger partial charge in [0.05, 0.1) is 12.1 Å². The van der Waals surface area contributed by atoms with Gasteiger partial charge in [-0.05, 0) is 17.5 Å². The molecular formula is C18H17N3O3S. The summed E-state index contributed by atoms with van der Waals surface area (Å²) in [6.07, 6.45) is 0.0251. The first-order valence-electron chi connectivity index (χ1n) is 7.86. The Balaban J connectivity index is 1.69. The first-order chi connectivity index (χ1) is 12.1. The number of carbonyl (C=O) groups excluding carboxylic acids is 2. The van der Waals surface area contributed by atoms with Crippen LogP contribution in [0.1, 0.15) is 28.5 Å². The monoisotopic (exact) mass is 355 g/mol. The fourth-order valence-electron chi connectivity index (χ4n) is 2.73. The van der Waals surface area contributed by atoms with Crippen molar-refractivity contribution in [3.05, 3.63) is 51.9 Å². The summed E-state index contributed by atoms with van der Waals surface area (Å²) >= 11 is 1.33. The summed E-state index contributed by atoms with van der Waals surface area (Å²) in [4.78, 5) is 26.3. The zero-order chi connectivity index (χ0) is 17.8. The maximum absolute atomic E-state index is 12.0. The van der Waals surface area contributed by atoms with E-state index in [4.69, 9.17) is 4.74 Å². The van der Waals surface area contributed by atoms with E-state index in [1.54, 1.807) is 4.90 Å². The number of amides is 2. The fraction of sp³-hybridized carbons (Fsp3) is 0.278. The second kappa shape index (κ2) is 7.36. The summed E-state index contributed by atoms with van der Waals surface area (Å²) in [6.45, 7) is 2.76. The maximum Gasteiger partial charge on any atom is 0.412 e. The summed E-state index contributed by atoms with van der Waals surface area (Å²) in [5.74, 6) is 0.00865. The summed E-state index contributed by atoms with van der Waals surface area (Å²) in [6, 6.07) is 11.5. The van der Waals surface area contributed by atoms with E-state index in [9.17, 15) is 14.9 Å². The predicted molar refractivity (Wildman–Crippen MR) is 94.1 cm³/mol. The highest BCUT2D eigenvalue weighted by molar-refractivity contribution is 7.16. The third-order valence-electron chi connectivity index (χ3n) is 4.04. The predicted octanol–water partition coefficient (Wildman–Crippen LogP) is 3.27. The highest BCUT2D eigenvalue weighted by Crippen LogP contribution is 2.36. The SMILES string of the molecule is CC(=O)N1CCc2c(sc(NC(=O)OCc3ccccc3)c2C#N)C1. The van der Waals surface area contributed by atoms with E-state index in [0.717, 1.165) is 16.0 Å². The van der Waals surface area contributed by atoms with Crippen LogP contribution >= 0.6 is 11.3 Å². The normalized spacial score (nSPS) is 12.9. The van der Waals surface area contributed by atoms with Crippen LogP contribution in [-0.2, 0) is 29.1 Å². The van der Waals surface area contributed by atoms with Crippen LogP contribution in [0.4, 0.5) is 9.80 Å². The average Bonchev–Trinajstić information content (AvgIpc) is 2.96.